The molecule has 5 heteroatoms. The van der Waals surface area contributed by atoms with Crippen LogP contribution in [0.25, 0.3) is 0 Å². The van der Waals surface area contributed by atoms with Crippen LogP contribution in [0.3, 0.4) is 0 Å². The molecule has 1 aromatic rings. The van der Waals surface area contributed by atoms with Crippen molar-refractivity contribution in [3.63, 3.8) is 0 Å². The van der Waals surface area contributed by atoms with Crippen LogP contribution in [0.15, 0.2) is 6.07 Å². The number of aryl methyl sites for hydroxylation is 1. The third kappa shape index (κ3) is 3.25. The van der Waals surface area contributed by atoms with E-state index in [4.69, 9.17) is 0 Å². The van der Waals surface area contributed by atoms with E-state index >= 15 is 0 Å². The average molecular weight is 252 g/mol. The molecule has 0 radical (unpaired) electrons. The second-order valence-corrected chi connectivity index (χ2v) is 5.86. The first-order valence-electron chi connectivity index (χ1n) is 6.15. The number of nitrogens with zero attached hydrogens (tertiary/aromatic N) is 3. The lowest BCUT2D eigenvalue weighted by Crippen LogP contribution is -2.37. The summed E-state index contributed by atoms with van der Waals surface area (Å²) in [4.78, 5) is 11.3. The Kier molecular flexibility index (Phi) is 4.10. The van der Waals surface area contributed by atoms with Crippen LogP contribution < -0.4 is 10.2 Å². The largest absolute Gasteiger partial charge is 0.370 e. The summed E-state index contributed by atoms with van der Waals surface area (Å²) < 4.78 is 0. The highest BCUT2D eigenvalue weighted by molar-refractivity contribution is 8.00. The van der Waals surface area contributed by atoms with Gasteiger partial charge in [0.2, 0.25) is 0 Å². The van der Waals surface area contributed by atoms with E-state index in [9.17, 15) is 0 Å². The fourth-order valence-electron chi connectivity index (χ4n) is 2.01. The smallest absolute Gasteiger partial charge is 0.134 e. The van der Waals surface area contributed by atoms with Crippen molar-refractivity contribution in [1.82, 2.24) is 9.97 Å². The van der Waals surface area contributed by atoms with Gasteiger partial charge in [0.15, 0.2) is 0 Å². The lowest BCUT2D eigenvalue weighted by Gasteiger charge is -2.31. The summed E-state index contributed by atoms with van der Waals surface area (Å²) in [6.45, 7) is 9.35. The maximum Gasteiger partial charge on any atom is 0.134 e. The molecule has 0 bridgehead atoms. The Hall–Kier alpha value is -0.970. The van der Waals surface area contributed by atoms with Gasteiger partial charge in [-0.05, 0) is 13.8 Å². The van der Waals surface area contributed by atoms with E-state index in [0.29, 0.717) is 5.25 Å². The van der Waals surface area contributed by atoms with Gasteiger partial charge < -0.3 is 10.2 Å². The number of thioether (sulfide) groups is 1. The Morgan fingerprint density at radius 2 is 2.35 bits per heavy atom. The van der Waals surface area contributed by atoms with Crippen LogP contribution in [0, 0.1) is 6.92 Å². The number of hydrogen-bond acceptors (Lipinski definition) is 5. The van der Waals surface area contributed by atoms with Crippen molar-refractivity contribution in [2.45, 2.75) is 26.0 Å². The molecule has 0 saturated carbocycles. The van der Waals surface area contributed by atoms with Gasteiger partial charge in [-0.15, -0.1) is 0 Å². The maximum absolute atomic E-state index is 4.54. The monoisotopic (exact) mass is 252 g/mol. The molecule has 1 aliphatic heterocycles. The molecule has 0 aliphatic carbocycles. The first kappa shape index (κ1) is 12.5. The fourth-order valence-corrected chi connectivity index (χ4v) is 3.03. The quantitative estimate of drug-likeness (QED) is 0.893. The molecule has 1 N–H and O–H groups in total. The summed E-state index contributed by atoms with van der Waals surface area (Å²) in [7, 11) is 0. The molecule has 1 saturated heterocycles. The van der Waals surface area contributed by atoms with Crippen molar-refractivity contribution in [3.8, 4) is 0 Å². The van der Waals surface area contributed by atoms with Crippen molar-refractivity contribution in [2.24, 2.45) is 0 Å². The van der Waals surface area contributed by atoms with Crippen molar-refractivity contribution in [2.75, 3.05) is 35.6 Å². The highest BCUT2D eigenvalue weighted by Crippen LogP contribution is 2.23. The molecule has 94 valence electrons. The Labute approximate surface area is 107 Å². The predicted molar refractivity (Wildman–Crippen MR) is 75.1 cm³/mol. The van der Waals surface area contributed by atoms with Gasteiger partial charge in [-0.2, -0.15) is 11.8 Å². The van der Waals surface area contributed by atoms with Crippen molar-refractivity contribution in [1.29, 1.82) is 0 Å². The summed E-state index contributed by atoms with van der Waals surface area (Å²) in [6, 6.07) is 2.05. The predicted octanol–water partition coefficient (Wildman–Crippen LogP) is 2.16. The highest BCUT2D eigenvalue weighted by atomic mass is 32.2. The van der Waals surface area contributed by atoms with Gasteiger partial charge in [-0.25, -0.2) is 9.97 Å². The number of rotatable bonds is 3. The molecule has 2 rings (SSSR count). The zero-order valence-electron chi connectivity index (χ0n) is 10.7. The highest BCUT2D eigenvalue weighted by Gasteiger charge is 2.18. The fraction of sp³-hybridized carbons (Fsp3) is 0.667. The minimum atomic E-state index is 0.682. The van der Waals surface area contributed by atoms with Crippen molar-refractivity contribution in [3.05, 3.63) is 11.9 Å². The second kappa shape index (κ2) is 5.58. The topological polar surface area (TPSA) is 41.0 Å². The molecule has 1 fully saturated rings. The van der Waals surface area contributed by atoms with Gasteiger partial charge in [0.05, 0.1) is 0 Å². The zero-order valence-corrected chi connectivity index (χ0v) is 11.5. The molecule has 1 aromatic heterocycles. The molecule has 0 aromatic carbocycles. The van der Waals surface area contributed by atoms with E-state index < -0.39 is 0 Å². The van der Waals surface area contributed by atoms with Crippen LogP contribution in [0.5, 0.6) is 0 Å². The summed E-state index contributed by atoms with van der Waals surface area (Å²) in [5.41, 5.74) is 0. The van der Waals surface area contributed by atoms with Crippen LogP contribution in [-0.4, -0.2) is 40.6 Å². The molecule has 1 aliphatic rings. The molecule has 1 atom stereocenters. The summed E-state index contributed by atoms with van der Waals surface area (Å²) in [5, 5.41) is 3.94. The Morgan fingerprint density at radius 3 is 3.06 bits per heavy atom. The Bertz CT molecular complexity index is 383. The molecular formula is C12H20N4S. The van der Waals surface area contributed by atoms with Gasteiger partial charge in [-0.3, -0.25) is 0 Å². The van der Waals surface area contributed by atoms with Gasteiger partial charge in [-0.1, -0.05) is 6.92 Å². The van der Waals surface area contributed by atoms with Gasteiger partial charge >= 0.3 is 0 Å². The van der Waals surface area contributed by atoms with Gasteiger partial charge in [0, 0.05) is 36.7 Å². The number of aromatic nitrogens is 2. The van der Waals surface area contributed by atoms with E-state index in [1.165, 1.54) is 5.75 Å². The number of nitrogens with one attached hydrogen (secondary N) is 1. The molecule has 4 nitrogen and oxygen atoms in total. The number of hydrogen-bond donors (Lipinski definition) is 1. The van der Waals surface area contributed by atoms with E-state index in [-0.39, 0.29) is 0 Å². The minimum Gasteiger partial charge on any atom is -0.370 e. The van der Waals surface area contributed by atoms with Gasteiger partial charge in [0.25, 0.3) is 0 Å². The van der Waals surface area contributed by atoms with Crippen LogP contribution >= 0.6 is 11.8 Å². The van der Waals surface area contributed by atoms with Crippen molar-refractivity contribution < 1.29 is 0 Å². The first-order valence-corrected chi connectivity index (χ1v) is 7.20. The van der Waals surface area contributed by atoms with Crippen molar-refractivity contribution >= 4 is 23.4 Å². The Morgan fingerprint density at radius 1 is 1.53 bits per heavy atom. The summed E-state index contributed by atoms with van der Waals surface area (Å²) >= 11 is 2.03. The third-order valence-corrected chi connectivity index (χ3v) is 3.88. The van der Waals surface area contributed by atoms with Crippen LogP contribution in [0.2, 0.25) is 0 Å². The third-order valence-electron chi connectivity index (χ3n) is 2.75. The van der Waals surface area contributed by atoms with Crippen LogP contribution in [0.1, 0.15) is 19.7 Å². The lowest BCUT2D eigenvalue weighted by atomic mass is 10.3. The second-order valence-electron chi connectivity index (χ2n) is 4.32. The first-order chi connectivity index (χ1) is 8.19. The molecule has 1 unspecified atom stereocenters. The number of anilines is 2. The standard InChI is InChI=1S/C12H20N4S/c1-4-13-11-7-12(15-10(3)14-11)16-5-6-17-9(2)8-16/h7,9H,4-6,8H2,1-3H3,(H,13,14,15). The lowest BCUT2D eigenvalue weighted by molar-refractivity contribution is 0.765. The maximum atomic E-state index is 4.54. The minimum absolute atomic E-state index is 0.682. The normalized spacial score (nSPS) is 20.4. The molecule has 0 spiro atoms. The molecule has 17 heavy (non-hydrogen) atoms. The SMILES string of the molecule is CCNc1cc(N2CCSC(C)C2)nc(C)n1. The van der Waals surface area contributed by atoms with E-state index in [0.717, 1.165) is 37.1 Å². The summed E-state index contributed by atoms with van der Waals surface area (Å²) in [5.74, 6) is 4.01. The Balaban J connectivity index is 2.18. The van der Waals surface area contributed by atoms with Crippen LogP contribution in [-0.2, 0) is 0 Å². The average Bonchev–Trinajstić information content (AvgIpc) is 2.28. The van der Waals surface area contributed by atoms with E-state index in [2.05, 4.69) is 40.1 Å². The van der Waals surface area contributed by atoms with Gasteiger partial charge in [0.1, 0.15) is 17.5 Å². The molecule has 2 heterocycles. The van der Waals surface area contributed by atoms with E-state index in [1.54, 1.807) is 0 Å². The van der Waals surface area contributed by atoms with Crippen LogP contribution in [0.4, 0.5) is 11.6 Å². The summed E-state index contributed by atoms with van der Waals surface area (Å²) in [6.07, 6.45) is 0. The zero-order chi connectivity index (χ0) is 12.3. The molecule has 0 amide bonds. The molecular weight excluding hydrogens is 232 g/mol. The van der Waals surface area contributed by atoms with E-state index in [1.807, 2.05) is 18.7 Å².